The highest BCUT2D eigenvalue weighted by Crippen LogP contribution is 2.34. The Morgan fingerprint density at radius 3 is 2.85 bits per heavy atom. The molecule has 1 amide bonds. The monoisotopic (exact) mass is 417 g/mol. The topological polar surface area (TPSA) is 65.4 Å². The van der Waals surface area contributed by atoms with E-state index in [1.807, 2.05) is 37.3 Å². The van der Waals surface area contributed by atoms with Crippen molar-refractivity contribution in [3.63, 3.8) is 0 Å². The number of rotatable bonds is 5. The largest absolute Gasteiger partial charge is 0.454 e. The van der Waals surface area contributed by atoms with Gasteiger partial charge in [-0.05, 0) is 43.4 Å². The summed E-state index contributed by atoms with van der Waals surface area (Å²) in [6.45, 7) is 2.04. The van der Waals surface area contributed by atoms with Crippen LogP contribution in [0.3, 0.4) is 0 Å². The third kappa shape index (κ3) is 4.00. The Kier molecular flexibility index (Phi) is 5.15. The van der Waals surface area contributed by atoms with Crippen LogP contribution in [0.25, 0.3) is 5.69 Å². The lowest BCUT2D eigenvalue weighted by atomic mass is 10.2. The van der Waals surface area contributed by atoms with E-state index in [1.165, 1.54) is 23.1 Å². The van der Waals surface area contributed by atoms with Crippen molar-refractivity contribution in [2.75, 3.05) is 12.1 Å². The van der Waals surface area contributed by atoms with E-state index in [-0.39, 0.29) is 18.0 Å². The minimum Gasteiger partial charge on any atom is -0.454 e. The fourth-order valence-corrected chi connectivity index (χ4v) is 4.97. The van der Waals surface area contributed by atoms with Gasteiger partial charge in [0.1, 0.15) is 0 Å². The van der Waals surface area contributed by atoms with Crippen LogP contribution in [0.1, 0.15) is 6.92 Å². The average molecular weight is 418 g/mol. The molecule has 0 bridgehead atoms. The number of hydrogen-bond acceptors (Lipinski definition) is 7. The average Bonchev–Trinajstić information content (AvgIpc) is 3.28. The smallest absolute Gasteiger partial charge is 0.237 e. The lowest BCUT2D eigenvalue weighted by Crippen LogP contribution is -2.22. The maximum absolute atomic E-state index is 12.5. The summed E-state index contributed by atoms with van der Waals surface area (Å²) in [6, 6.07) is 15.0. The molecule has 0 radical (unpaired) electrons. The zero-order chi connectivity index (χ0) is 18.8. The maximum atomic E-state index is 12.5. The van der Waals surface area contributed by atoms with Crippen LogP contribution in [0.5, 0.6) is 11.5 Å². The molecule has 9 heteroatoms. The molecular formula is C18H15N3O3S3. The second kappa shape index (κ2) is 7.71. The van der Waals surface area contributed by atoms with E-state index < -0.39 is 0 Å². The Labute approximate surface area is 169 Å². The summed E-state index contributed by atoms with van der Waals surface area (Å²) in [7, 11) is 0. The molecule has 1 aromatic heterocycles. The fraction of sp³-hybridized carbons (Fsp3) is 0.167. The van der Waals surface area contributed by atoms with E-state index in [1.54, 1.807) is 22.9 Å². The van der Waals surface area contributed by atoms with Gasteiger partial charge in [0.15, 0.2) is 19.8 Å². The van der Waals surface area contributed by atoms with Gasteiger partial charge in [0.25, 0.3) is 0 Å². The molecule has 2 aromatic carbocycles. The van der Waals surface area contributed by atoms with Gasteiger partial charge in [0, 0.05) is 11.8 Å². The number of anilines is 1. The molecule has 1 aliphatic rings. The summed E-state index contributed by atoms with van der Waals surface area (Å²) >= 11 is 8.17. The molecule has 0 saturated carbocycles. The first kappa shape index (κ1) is 18.0. The summed E-state index contributed by atoms with van der Waals surface area (Å²) < 4.78 is 13.7. The number of fused-ring (bicyclic) bond motifs is 1. The van der Waals surface area contributed by atoms with Gasteiger partial charge in [-0.25, -0.2) is 4.68 Å². The van der Waals surface area contributed by atoms with E-state index in [0.29, 0.717) is 21.1 Å². The van der Waals surface area contributed by atoms with Gasteiger partial charge in [-0.15, -0.1) is 5.10 Å². The summed E-state index contributed by atoms with van der Waals surface area (Å²) in [5.41, 5.74) is 1.57. The van der Waals surface area contributed by atoms with E-state index >= 15 is 0 Å². The second-order valence-corrected chi connectivity index (χ2v) is 8.91. The lowest BCUT2D eigenvalue weighted by molar-refractivity contribution is -0.115. The van der Waals surface area contributed by atoms with Gasteiger partial charge in [-0.1, -0.05) is 41.3 Å². The van der Waals surface area contributed by atoms with Crippen LogP contribution in [0.15, 0.2) is 52.9 Å². The molecule has 1 aliphatic heterocycles. The summed E-state index contributed by atoms with van der Waals surface area (Å²) in [4.78, 5) is 12.5. The predicted octanol–water partition coefficient (Wildman–Crippen LogP) is 4.51. The quantitative estimate of drug-likeness (QED) is 0.487. The minimum atomic E-state index is -0.333. The molecular weight excluding hydrogens is 402 g/mol. The van der Waals surface area contributed by atoms with E-state index in [9.17, 15) is 4.79 Å². The van der Waals surface area contributed by atoms with Crippen molar-refractivity contribution < 1.29 is 14.3 Å². The van der Waals surface area contributed by atoms with Crippen molar-refractivity contribution in [2.45, 2.75) is 16.5 Å². The standard InChI is InChI=1S/C18H15N3O3S3/c1-11(16(22)19-12-7-8-14-15(9-12)24-10-23-14)26-17-20-21(18(25)27-17)13-5-3-2-4-6-13/h2-9,11H,10H2,1H3,(H,19,22)/t11-/m1/s1. The van der Waals surface area contributed by atoms with Crippen molar-refractivity contribution in [3.05, 3.63) is 52.5 Å². The molecule has 4 rings (SSSR count). The van der Waals surface area contributed by atoms with Crippen molar-refractivity contribution >= 4 is 46.9 Å². The van der Waals surface area contributed by atoms with Gasteiger partial charge < -0.3 is 14.8 Å². The normalized spacial score (nSPS) is 13.4. The third-order valence-corrected chi connectivity index (χ3v) is 6.23. The lowest BCUT2D eigenvalue weighted by Gasteiger charge is -2.10. The molecule has 1 atom stereocenters. The SMILES string of the molecule is C[C@@H](Sc1nn(-c2ccccc2)c(=S)s1)C(=O)Nc1ccc2c(c1)OCO2. The van der Waals surface area contributed by atoms with Crippen LogP contribution in [-0.4, -0.2) is 27.7 Å². The highest BCUT2D eigenvalue weighted by atomic mass is 32.2. The highest BCUT2D eigenvalue weighted by molar-refractivity contribution is 8.02. The Morgan fingerprint density at radius 2 is 2.04 bits per heavy atom. The number of para-hydroxylation sites is 1. The summed E-state index contributed by atoms with van der Waals surface area (Å²) in [5, 5.41) is 7.09. The number of aromatic nitrogens is 2. The van der Waals surface area contributed by atoms with Gasteiger partial charge in [0.2, 0.25) is 12.7 Å². The van der Waals surface area contributed by atoms with Crippen molar-refractivity contribution in [2.24, 2.45) is 0 Å². The number of nitrogens with zero attached hydrogens (tertiary/aromatic N) is 2. The molecule has 138 valence electrons. The number of hydrogen-bond donors (Lipinski definition) is 1. The molecule has 0 saturated heterocycles. The van der Waals surface area contributed by atoms with Gasteiger partial charge in [-0.3, -0.25) is 4.79 Å². The van der Waals surface area contributed by atoms with Crippen molar-refractivity contribution in [1.82, 2.24) is 9.78 Å². The van der Waals surface area contributed by atoms with Crippen LogP contribution >= 0.6 is 35.3 Å². The fourth-order valence-electron chi connectivity index (χ4n) is 2.46. The zero-order valence-electron chi connectivity index (χ0n) is 14.2. The maximum Gasteiger partial charge on any atom is 0.237 e. The third-order valence-electron chi connectivity index (χ3n) is 3.82. The van der Waals surface area contributed by atoms with E-state index in [4.69, 9.17) is 21.7 Å². The highest BCUT2D eigenvalue weighted by Gasteiger charge is 2.19. The molecule has 0 spiro atoms. The minimum absolute atomic E-state index is 0.119. The molecule has 2 heterocycles. The van der Waals surface area contributed by atoms with Crippen LogP contribution in [0.4, 0.5) is 5.69 Å². The number of thioether (sulfide) groups is 1. The number of benzene rings is 2. The molecule has 1 N–H and O–H groups in total. The molecule has 0 fully saturated rings. The summed E-state index contributed by atoms with van der Waals surface area (Å²) in [5.74, 6) is 1.19. The Balaban J connectivity index is 1.44. The molecule has 0 unspecified atom stereocenters. The van der Waals surface area contributed by atoms with Crippen LogP contribution in [-0.2, 0) is 4.79 Å². The number of nitrogens with one attached hydrogen (secondary N) is 1. The first-order chi connectivity index (χ1) is 13.1. The Morgan fingerprint density at radius 1 is 1.26 bits per heavy atom. The number of carbonyl (C=O) groups excluding carboxylic acids is 1. The zero-order valence-corrected chi connectivity index (χ0v) is 16.7. The van der Waals surface area contributed by atoms with Crippen LogP contribution < -0.4 is 14.8 Å². The van der Waals surface area contributed by atoms with Gasteiger partial charge in [-0.2, -0.15) is 0 Å². The number of amides is 1. The van der Waals surface area contributed by atoms with Crippen molar-refractivity contribution in [1.29, 1.82) is 0 Å². The van der Waals surface area contributed by atoms with E-state index in [2.05, 4.69) is 10.4 Å². The number of ether oxygens (including phenoxy) is 2. The Hall–Kier alpha value is -2.36. The van der Waals surface area contributed by atoms with Gasteiger partial charge in [0.05, 0.1) is 10.9 Å². The van der Waals surface area contributed by atoms with E-state index in [0.717, 1.165) is 10.0 Å². The predicted molar refractivity (Wildman–Crippen MR) is 109 cm³/mol. The second-order valence-electron chi connectivity index (χ2n) is 5.70. The molecule has 0 aliphatic carbocycles. The van der Waals surface area contributed by atoms with Gasteiger partial charge >= 0.3 is 0 Å². The van der Waals surface area contributed by atoms with Crippen LogP contribution in [0, 0.1) is 3.95 Å². The number of carbonyl (C=O) groups is 1. The molecule has 27 heavy (non-hydrogen) atoms. The first-order valence-electron chi connectivity index (χ1n) is 8.13. The van der Waals surface area contributed by atoms with Crippen molar-refractivity contribution in [3.8, 4) is 17.2 Å². The molecule has 3 aromatic rings. The van der Waals surface area contributed by atoms with Crippen LogP contribution in [0.2, 0.25) is 0 Å². The first-order valence-corrected chi connectivity index (χ1v) is 10.2. The summed E-state index contributed by atoms with van der Waals surface area (Å²) in [6.07, 6.45) is 0. The Bertz CT molecular complexity index is 1030. The molecule has 6 nitrogen and oxygen atoms in total.